The molecule has 0 aromatic carbocycles. The molecule has 6 heteroatoms. The molecule has 1 aliphatic heterocycles. The molecule has 98 valence electrons. The second-order valence-corrected chi connectivity index (χ2v) is 4.59. The predicted molar refractivity (Wildman–Crippen MR) is 68.6 cm³/mol. The third-order valence-electron chi connectivity index (χ3n) is 2.98. The fourth-order valence-electron chi connectivity index (χ4n) is 1.93. The number of carboxylic acid groups (broad SMARTS) is 1. The van der Waals surface area contributed by atoms with Crippen molar-refractivity contribution >= 4 is 11.8 Å². The lowest BCUT2D eigenvalue weighted by Gasteiger charge is -2.32. The number of likely N-dealkylation sites (N-methyl/N-ethyl adjacent to an activating group) is 1. The van der Waals surface area contributed by atoms with Crippen LogP contribution < -0.4 is 5.43 Å². The van der Waals surface area contributed by atoms with Crippen molar-refractivity contribution < 1.29 is 9.90 Å². The van der Waals surface area contributed by atoms with Crippen LogP contribution in [0.1, 0.15) is 16.1 Å². The van der Waals surface area contributed by atoms with Gasteiger partial charge in [0.25, 0.3) is 0 Å². The van der Waals surface area contributed by atoms with E-state index in [2.05, 4.69) is 27.4 Å². The number of carbonyl (C=O) groups is 1. The summed E-state index contributed by atoms with van der Waals surface area (Å²) in [7, 11) is 2.09. The van der Waals surface area contributed by atoms with Crippen LogP contribution in [0, 0.1) is 6.92 Å². The Hall–Kier alpha value is -1.66. The summed E-state index contributed by atoms with van der Waals surface area (Å²) in [6.07, 6.45) is 0. The highest BCUT2D eigenvalue weighted by atomic mass is 16.4. The van der Waals surface area contributed by atoms with Crippen LogP contribution in [-0.4, -0.2) is 59.2 Å². The predicted octanol–water partition coefficient (Wildman–Crippen LogP) is 0.663. The van der Waals surface area contributed by atoms with E-state index in [4.69, 9.17) is 5.11 Å². The number of nitrogens with zero attached hydrogens (tertiary/aromatic N) is 3. The highest BCUT2D eigenvalue weighted by Gasteiger charge is 2.14. The summed E-state index contributed by atoms with van der Waals surface area (Å²) >= 11 is 0. The molecule has 0 radical (unpaired) electrons. The Kier molecular flexibility index (Phi) is 3.78. The highest BCUT2D eigenvalue weighted by molar-refractivity contribution is 5.88. The number of nitrogens with one attached hydrogen (secondary N) is 1. The van der Waals surface area contributed by atoms with Crippen LogP contribution in [0.3, 0.4) is 0 Å². The van der Waals surface area contributed by atoms with Gasteiger partial charge in [0.1, 0.15) is 5.82 Å². The molecule has 0 aliphatic carbocycles. The zero-order valence-electron chi connectivity index (χ0n) is 10.7. The van der Waals surface area contributed by atoms with Crippen LogP contribution in [0.2, 0.25) is 0 Å². The van der Waals surface area contributed by atoms with Crippen molar-refractivity contribution in [3.05, 3.63) is 23.4 Å². The molecule has 0 unspecified atom stereocenters. The van der Waals surface area contributed by atoms with Gasteiger partial charge < -0.3 is 15.4 Å². The molecule has 6 nitrogen and oxygen atoms in total. The van der Waals surface area contributed by atoms with Crippen LogP contribution in [0.25, 0.3) is 0 Å². The van der Waals surface area contributed by atoms with Crippen LogP contribution in [0.5, 0.6) is 0 Å². The summed E-state index contributed by atoms with van der Waals surface area (Å²) in [5.74, 6) is -0.334. The van der Waals surface area contributed by atoms with Crippen molar-refractivity contribution in [2.45, 2.75) is 6.92 Å². The van der Waals surface area contributed by atoms with E-state index < -0.39 is 5.97 Å². The zero-order chi connectivity index (χ0) is 13.1. The average Bonchev–Trinajstić information content (AvgIpc) is 2.31. The second-order valence-electron chi connectivity index (χ2n) is 4.59. The Bertz CT molecular complexity index is 442. The van der Waals surface area contributed by atoms with Crippen LogP contribution in [0.15, 0.2) is 12.1 Å². The highest BCUT2D eigenvalue weighted by Crippen LogP contribution is 2.12. The van der Waals surface area contributed by atoms with Gasteiger partial charge in [0.2, 0.25) is 0 Å². The van der Waals surface area contributed by atoms with E-state index in [-0.39, 0.29) is 5.56 Å². The van der Waals surface area contributed by atoms with E-state index in [0.29, 0.717) is 11.5 Å². The average molecular weight is 250 g/mol. The first-order chi connectivity index (χ1) is 8.54. The normalized spacial score (nSPS) is 17.7. The molecule has 0 amide bonds. The minimum atomic E-state index is -0.929. The maximum absolute atomic E-state index is 11.0. The van der Waals surface area contributed by atoms with Gasteiger partial charge in [0, 0.05) is 31.9 Å². The number of piperazine rings is 1. The lowest BCUT2D eigenvalue weighted by atomic mass is 10.2. The Morgan fingerprint density at radius 1 is 1.33 bits per heavy atom. The van der Waals surface area contributed by atoms with Gasteiger partial charge in [-0.1, -0.05) is 0 Å². The van der Waals surface area contributed by atoms with Gasteiger partial charge >= 0.3 is 5.97 Å². The largest absolute Gasteiger partial charge is 0.478 e. The van der Waals surface area contributed by atoms with Gasteiger partial charge in [-0.25, -0.2) is 14.8 Å². The number of anilines is 1. The van der Waals surface area contributed by atoms with Gasteiger partial charge in [-0.05, 0) is 26.1 Å². The van der Waals surface area contributed by atoms with Crippen LogP contribution in [0.4, 0.5) is 5.82 Å². The summed E-state index contributed by atoms with van der Waals surface area (Å²) in [5, 5.41) is 11.1. The molecular weight excluding hydrogens is 232 g/mol. The topological polar surface area (TPSA) is 68.7 Å². The number of carboxylic acids is 1. The maximum atomic E-state index is 11.0. The summed E-state index contributed by atoms with van der Waals surface area (Å²) in [6, 6.07) is 3.13. The summed E-state index contributed by atoms with van der Waals surface area (Å²) in [4.78, 5) is 17.5. The molecule has 1 aromatic rings. The standard InChI is InChI=1S/C12H18N4O2/c1-9-7-10(12(17)18)8-11(13-9)14-16-5-3-15(2)4-6-16/h7-8H,3-6H2,1-2H3,(H,13,14)(H,17,18). The fraction of sp³-hybridized carbons (Fsp3) is 0.500. The first-order valence-corrected chi connectivity index (χ1v) is 5.97. The SMILES string of the molecule is Cc1cc(C(=O)O)cc(NN2CCN(C)CC2)n1. The first-order valence-electron chi connectivity index (χ1n) is 5.97. The molecule has 0 spiro atoms. The molecular formula is C12H18N4O2. The minimum Gasteiger partial charge on any atom is -0.478 e. The van der Waals surface area contributed by atoms with Crippen molar-refractivity contribution in [3.63, 3.8) is 0 Å². The summed E-state index contributed by atoms with van der Waals surface area (Å²) in [5.41, 5.74) is 4.13. The van der Waals surface area contributed by atoms with Gasteiger partial charge in [-0.2, -0.15) is 0 Å². The van der Waals surface area contributed by atoms with E-state index in [1.165, 1.54) is 0 Å². The number of rotatable bonds is 3. The van der Waals surface area contributed by atoms with Crippen molar-refractivity contribution in [1.29, 1.82) is 0 Å². The third kappa shape index (κ3) is 3.18. The molecule has 2 heterocycles. The summed E-state index contributed by atoms with van der Waals surface area (Å²) in [6.45, 7) is 5.57. The van der Waals surface area contributed by atoms with Crippen molar-refractivity contribution in [2.75, 3.05) is 38.7 Å². The van der Waals surface area contributed by atoms with Gasteiger partial charge in [0.05, 0.1) is 5.56 Å². The molecule has 18 heavy (non-hydrogen) atoms. The van der Waals surface area contributed by atoms with Gasteiger partial charge in [0.15, 0.2) is 0 Å². The van der Waals surface area contributed by atoms with E-state index in [0.717, 1.165) is 26.2 Å². The van der Waals surface area contributed by atoms with Crippen LogP contribution >= 0.6 is 0 Å². The van der Waals surface area contributed by atoms with Crippen molar-refractivity contribution in [3.8, 4) is 0 Å². The van der Waals surface area contributed by atoms with E-state index in [1.807, 2.05) is 0 Å². The molecule has 1 aliphatic rings. The molecule has 1 saturated heterocycles. The first kappa shape index (κ1) is 12.8. The monoisotopic (exact) mass is 250 g/mol. The van der Waals surface area contributed by atoms with Gasteiger partial charge in [-0.15, -0.1) is 0 Å². The Balaban J connectivity index is 2.07. The molecule has 1 fully saturated rings. The number of hydrogen-bond acceptors (Lipinski definition) is 5. The second kappa shape index (κ2) is 5.32. The number of aryl methyl sites for hydroxylation is 1. The number of aromatic nitrogens is 1. The Morgan fingerprint density at radius 2 is 2.00 bits per heavy atom. The number of hydrazine groups is 1. The third-order valence-corrected chi connectivity index (χ3v) is 2.98. The zero-order valence-corrected chi connectivity index (χ0v) is 10.7. The van der Waals surface area contributed by atoms with Crippen molar-refractivity contribution in [2.24, 2.45) is 0 Å². The maximum Gasteiger partial charge on any atom is 0.335 e. The summed E-state index contributed by atoms with van der Waals surface area (Å²) < 4.78 is 0. The van der Waals surface area contributed by atoms with Crippen LogP contribution in [-0.2, 0) is 0 Å². The Labute approximate surface area is 106 Å². The molecule has 0 saturated carbocycles. The van der Waals surface area contributed by atoms with Gasteiger partial charge in [-0.3, -0.25) is 0 Å². The molecule has 2 rings (SSSR count). The molecule has 0 atom stereocenters. The molecule has 0 bridgehead atoms. The van der Waals surface area contributed by atoms with E-state index >= 15 is 0 Å². The number of aromatic carboxylic acids is 1. The lowest BCUT2D eigenvalue weighted by Crippen LogP contribution is -2.47. The van der Waals surface area contributed by atoms with E-state index in [9.17, 15) is 4.79 Å². The molecule has 1 aromatic heterocycles. The van der Waals surface area contributed by atoms with E-state index in [1.54, 1.807) is 19.1 Å². The van der Waals surface area contributed by atoms with Crippen molar-refractivity contribution in [1.82, 2.24) is 14.9 Å². The minimum absolute atomic E-state index is 0.263. The number of pyridine rings is 1. The smallest absolute Gasteiger partial charge is 0.335 e. The lowest BCUT2D eigenvalue weighted by molar-refractivity contribution is 0.0696. The number of hydrogen-bond donors (Lipinski definition) is 2. The fourth-order valence-corrected chi connectivity index (χ4v) is 1.93. The Morgan fingerprint density at radius 3 is 2.61 bits per heavy atom. The molecule has 2 N–H and O–H groups in total. The quantitative estimate of drug-likeness (QED) is 0.821.